The van der Waals surface area contributed by atoms with Crippen molar-refractivity contribution in [2.24, 2.45) is 5.41 Å². The van der Waals surface area contributed by atoms with E-state index in [4.69, 9.17) is 16.3 Å². The summed E-state index contributed by atoms with van der Waals surface area (Å²) in [6.07, 6.45) is 2.09. The molecule has 0 radical (unpaired) electrons. The molecule has 0 aromatic heterocycles. The van der Waals surface area contributed by atoms with Gasteiger partial charge in [0, 0.05) is 43.3 Å². The van der Waals surface area contributed by atoms with E-state index in [1.807, 2.05) is 24.3 Å². The van der Waals surface area contributed by atoms with E-state index in [0.29, 0.717) is 37.7 Å². The Labute approximate surface area is 158 Å². The molecule has 2 heterocycles. The Morgan fingerprint density at radius 1 is 1.31 bits per heavy atom. The van der Waals surface area contributed by atoms with Crippen molar-refractivity contribution < 1.29 is 19.4 Å². The second-order valence-corrected chi connectivity index (χ2v) is 8.04. The molecule has 0 saturated carbocycles. The monoisotopic (exact) mass is 380 g/mol. The van der Waals surface area contributed by atoms with Crippen molar-refractivity contribution in [2.45, 2.75) is 31.6 Å². The van der Waals surface area contributed by atoms with E-state index in [2.05, 4.69) is 5.32 Å². The molecule has 2 fully saturated rings. The van der Waals surface area contributed by atoms with E-state index in [9.17, 15) is 14.7 Å². The smallest absolute Gasteiger partial charge is 0.317 e. The number of hydrogen-bond acceptors (Lipinski definition) is 3. The Hall–Kier alpha value is -1.79. The van der Waals surface area contributed by atoms with E-state index in [0.717, 1.165) is 18.4 Å². The number of nitrogens with one attached hydrogen (secondary N) is 1. The number of carbonyl (C=O) groups excluding carboxylic acids is 1. The number of benzene rings is 1. The number of likely N-dealkylation sites (tertiary alicyclic amines) is 1. The summed E-state index contributed by atoms with van der Waals surface area (Å²) in [7, 11) is 0. The molecule has 2 aliphatic heterocycles. The van der Waals surface area contributed by atoms with Crippen LogP contribution in [0.5, 0.6) is 0 Å². The van der Waals surface area contributed by atoms with Gasteiger partial charge in [0.2, 0.25) is 0 Å². The molecule has 142 valence electrons. The van der Waals surface area contributed by atoms with Gasteiger partial charge in [0.15, 0.2) is 0 Å². The van der Waals surface area contributed by atoms with Gasteiger partial charge < -0.3 is 20.1 Å². The Morgan fingerprint density at radius 2 is 2.04 bits per heavy atom. The zero-order chi connectivity index (χ0) is 18.8. The number of carboxylic acid groups (broad SMARTS) is 1. The summed E-state index contributed by atoms with van der Waals surface area (Å²) >= 11 is 6.17. The summed E-state index contributed by atoms with van der Waals surface area (Å²) in [5.41, 5.74) is 0.0281. The normalized spacial score (nSPS) is 25.1. The number of halogens is 1. The molecule has 1 aromatic rings. The standard InChI is InChI=1S/C19H25ClN2O4/c1-18(16(23)24)5-8-22(13-18)17(25)21-12-19(6-9-26-10-7-19)14-3-2-4-15(20)11-14/h2-4,11H,5-10,12-13H2,1H3,(H,21,25)(H,23,24). The molecule has 0 spiro atoms. The van der Waals surface area contributed by atoms with Gasteiger partial charge in [-0.1, -0.05) is 23.7 Å². The molecule has 0 aliphatic carbocycles. The average Bonchev–Trinajstić information content (AvgIpc) is 3.04. The van der Waals surface area contributed by atoms with E-state index in [1.165, 1.54) is 0 Å². The first-order valence-corrected chi connectivity index (χ1v) is 9.32. The minimum atomic E-state index is -0.860. The van der Waals surface area contributed by atoms with Crippen LogP contribution in [0.15, 0.2) is 24.3 Å². The van der Waals surface area contributed by atoms with Crippen molar-refractivity contribution in [1.29, 1.82) is 0 Å². The molecule has 2 aliphatic rings. The molecule has 2 amide bonds. The maximum absolute atomic E-state index is 12.6. The van der Waals surface area contributed by atoms with Gasteiger partial charge in [0.05, 0.1) is 5.41 Å². The maximum atomic E-state index is 12.6. The lowest BCUT2D eigenvalue weighted by atomic mass is 9.74. The third-order valence-electron chi connectivity index (χ3n) is 5.74. The van der Waals surface area contributed by atoms with Crippen molar-refractivity contribution in [3.63, 3.8) is 0 Å². The van der Waals surface area contributed by atoms with E-state index >= 15 is 0 Å². The van der Waals surface area contributed by atoms with Gasteiger partial charge in [-0.2, -0.15) is 0 Å². The number of carboxylic acids is 1. The lowest BCUT2D eigenvalue weighted by molar-refractivity contribution is -0.147. The predicted octanol–water partition coefficient (Wildman–Crippen LogP) is 2.89. The highest BCUT2D eigenvalue weighted by Crippen LogP contribution is 2.36. The van der Waals surface area contributed by atoms with Crippen LogP contribution in [0.4, 0.5) is 4.79 Å². The highest BCUT2D eigenvalue weighted by Gasteiger charge is 2.43. The largest absolute Gasteiger partial charge is 0.481 e. The van der Waals surface area contributed by atoms with Crippen molar-refractivity contribution in [3.8, 4) is 0 Å². The van der Waals surface area contributed by atoms with Crippen LogP contribution in [-0.4, -0.2) is 54.9 Å². The molecular weight excluding hydrogens is 356 g/mol. The molecule has 0 bridgehead atoms. The first-order valence-electron chi connectivity index (χ1n) is 8.95. The van der Waals surface area contributed by atoms with Crippen LogP contribution in [-0.2, 0) is 14.9 Å². The highest BCUT2D eigenvalue weighted by molar-refractivity contribution is 6.30. The number of ether oxygens (including phenoxy) is 1. The van der Waals surface area contributed by atoms with Crippen LogP contribution in [0.2, 0.25) is 5.02 Å². The van der Waals surface area contributed by atoms with E-state index < -0.39 is 11.4 Å². The van der Waals surface area contributed by atoms with Crippen LogP contribution in [0, 0.1) is 5.41 Å². The van der Waals surface area contributed by atoms with Crippen molar-refractivity contribution in [3.05, 3.63) is 34.9 Å². The van der Waals surface area contributed by atoms with Gasteiger partial charge in [-0.05, 0) is 43.9 Å². The van der Waals surface area contributed by atoms with Crippen LogP contribution in [0.1, 0.15) is 31.7 Å². The summed E-state index contributed by atoms with van der Waals surface area (Å²) in [5, 5.41) is 13.0. The van der Waals surface area contributed by atoms with Gasteiger partial charge in [0.25, 0.3) is 0 Å². The van der Waals surface area contributed by atoms with Gasteiger partial charge in [0.1, 0.15) is 0 Å². The number of rotatable bonds is 4. The zero-order valence-electron chi connectivity index (χ0n) is 15.0. The highest BCUT2D eigenvalue weighted by atomic mass is 35.5. The minimum Gasteiger partial charge on any atom is -0.481 e. The van der Waals surface area contributed by atoms with Gasteiger partial charge in [-0.3, -0.25) is 4.79 Å². The molecule has 1 unspecified atom stereocenters. The van der Waals surface area contributed by atoms with Crippen LogP contribution in [0.25, 0.3) is 0 Å². The average molecular weight is 381 g/mol. The molecule has 3 rings (SSSR count). The molecule has 6 nitrogen and oxygen atoms in total. The van der Waals surface area contributed by atoms with Crippen LogP contribution < -0.4 is 5.32 Å². The maximum Gasteiger partial charge on any atom is 0.317 e. The lowest BCUT2D eigenvalue weighted by Crippen LogP contribution is -2.48. The summed E-state index contributed by atoms with van der Waals surface area (Å²) in [6, 6.07) is 7.56. The molecular formula is C19H25ClN2O4. The number of amides is 2. The summed E-state index contributed by atoms with van der Waals surface area (Å²) < 4.78 is 5.52. The second-order valence-electron chi connectivity index (χ2n) is 7.60. The summed E-state index contributed by atoms with van der Waals surface area (Å²) in [5.74, 6) is -0.854. The fraction of sp³-hybridized carbons (Fsp3) is 0.579. The minimum absolute atomic E-state index is 0.206. The molecule has 2 N–H and O–H groups in total. The number of urea groups is 1. The Balaban J connectivity index is 1.69. The Morgan fingerprint density at radius 3 is 2.65 bits per heavy atom. The van der Waals surface area contributed by atoms with E-state index in [1.54, 1.807) is 11.8 Å². The number of carbonyl (C=O) groups is 2. The van der Waals surface area contributed by atoms with Crippen molar-refractivity contribution >= 4 is 23.6 Å². The Bertz CT molecular complexity index is 690. The van der Waals surface area contributed by atoms with Gasteiger partial charge in [-0.15, -0.1) is 0 Å². The topological polar surface area (TPSA) is 78.9 Å². The fourth-order valence-corrected chi connectivity index (χ4v) is 4.00. The number of nitrogens with zero attached hydrogens (tertiary/aromatic N) is 1. The molecule has 2 saturated heterocycles. The fourth-order valence-electron chi connectivity index (χ4n) is 3.81. The lowest BCUT2D eigenvalue weighted by Gasteiger charge is -2.38. The van der Waals surface area contributed by atoms with Crippen molar-refractivity contribution in [2.75, 3.05) is 32.8 Å². The summed E-state index contributed by atoms with van der Waals surface area (Å²) in [6.45, 7) is 4.15. The van der Waals surface area contributed by atoms with Gasteiger partial charge >= 0.3 is 12.0 Å². The third kappa shape index (κ3) is 3.81. The van der Waals surface area contributed by atoms with Crippen molar-refractivity contribution in [1.82, 2.24) is 10.2 Å². The molecule has 7 heteroatoms. The molecule has 26 heavy (non-hydrogen) atoms. The molecule has 1 atom stereocenters. The SMILES string of the molecule is CC1(C(=O)O)CCN(C(=O)NCC2(c3cccc(Cl)c3)CCOCC2)C1. The summed E-state index contributed by atoms with van der Waals surface area (Å²) in [4.78, 5) is 25.6. The first-order chi connectivity index (χ1) is 12.3. The second kappa shape index (κ2) is 7.45. The van der Waals surface area contributed by atoms with Gasteiger partial charge in [-0.25, -0.2) is 4.79 Å². The quantitative estimate of drug-likeness (QED) is 0.841. The third-order valence-corrected chi connectivity index (χ3v) is 5.98. The van der Waals surface area contributed by atoms with E-state index in [-0.39, 0.29) is 18.0 Å². The predicted molar refractivity (Wildman–Crippen MR) is 98.5 cm³/mol. The van der Waals surface area contributed by atoms with Crippen LogP contribution in [0.3, 0.4) is 0 Å². The zero-order valence-corrected chi connectivity index (χ0v) is 15.7. The van der Waals surface area contributed by atoms with Crippen LogP contribution >= 0.6 is 11.6 Å². The Kier molecular flexibility index (Phi) is 5.44. The number of hydrogen-bond donors (Lipinski definition) is 2. The number of aliphatic carboxylic acids is 1. The molecule has 1 aromatic carbocycles. The first kappa shape index (κ1) is 19.0.